The highest BCUT2D eigenvalue weighted by Gasteiger charge is 2.43. The quantitative estimate of drug-likeness (QED) is 0.494. The topological polar surface area (TPSA) is 83.7 Å². The molecule has 2 amide bonds. The Labute approximate surface area is 189 Å². The van der Waals surface area contributed by atoms with Crippen LogP contribution >= 0.6 is 0 Å². The van der Waals surface area contributed by atoms with E-state index in [0.29, 0.717) is 28.3 Å². The molecule has 1 aromatic heterocycles. The number of nitrogens with zero attached hydrogens (tertiary/aromatic N) is 1. The van der Waals surface area contributed by atoms with Gasteiger partial charge >= 0.3 is 0 Å². The fraction of sp³-hybridized carbons (Fsp3) is 0.154. The second kappa shape index (κ2) is 7.41. The molecule has 2 aliphatic heterocycles. The lowest BCUT2D eigenvalue weighted by molar-refractivity contribution is -0.119. The molecular formula is C26H21N3O4. The molecule has 6 rings (SSSR count). The molecule has 33 heavy (non-hydrogen) atoms. The molecule has 7 nitrogen and oxygen atoms in total. The van der Waals surface area contributed by atoms with Gasteiger partial charge in [0, 0.05) is 35.4 Å². The average Bonchev–Trinajstić information content (AvgIpc) is 3.49. The van der Waals surface area contributed by atoms with Crippen molar-refractivity contribution in [2.45, 2.75) is 12.0 Å². The van der Waals surface area contributed by atoms with Gasteiger partial charge in [0.15, 0.2) is 11.5 Å². The van der Waals surface area contributed by atoms with Crippen LogP contribution in [0.15, 0.2) is 72.9 Å². The van der Waals surface area contributed by atoms with Crippen molar-refractivity contribution in [2.24, 2.45) is 0 Å². The van der Waals surface area contributed by atoms with Gasteiger partial charge in [-0.25, -0.2) is 0 Å². The SMILES string of the molecule is CN1C(=O)c2ccccc2[C@H](C(=O)Nc2ccc3[nH]ccc3c2)[C@H]1c1ccc2c(c1)OCO2. The molecule has 4 aromatic rings. The number of carbonyl (C=O) groups excluding carboxylic acids is 2. The number of ether oxygens (including phenoxy) is 2. The lowest BCUT2D eigenvalue weighted by atomic mass is 9.79. The largest absolute Gasteiger partial charge is 0.454 e. The van der Waals surface area contributed by atoms with Crippen molar-refractivity contribution >= 4 is 28.4 Å². The Morgan fingerprint density at radius 3 is 2.79 bits per heavy atom. The summed E-state index contributed by atoms with van der Waals surface area (Å²) in [5.41, 5.74) is 3.76. The van der Waals surface area contributed by atoms with E-state index in [2.05, 4.69) is 10.3 Å². The Morgan fingerprint density at radius 1 is 1.03 bits per heavy atom. The van der Waals surface area contributed by atoms with E-state index >= 15 is 0 Å². The molecule has 2 aliphatic rings. The number of aromatic amines is 1. The summed E-state index contributed by atoms with van der Waals surface area (Å²) in [6.45, 7) is 0.159. The van der Waals surface area contributed by atoms with Gasteiger partial charge in [0.05, 0.1) is 12.0 Å². The number of rotatable bonds is 3. The standard InChI is InChI=1S/C26H21N3O4/c1-29-24(16-6-9-21-22(13-16)33-14-32-21)23(18-4-2-3-5-19(18)26(29)31)25(30)28-17-7-8-20-15(12-17)10-11-27-20/h2-13,23-24,27H,14H2,1H3,(H,28,30)/t23-,24+/m0/s1. The molecule has 0 saturated carbocycles. The molecule has 0 spiro atoms. The van der Waals surface area contributed by atoms with Crippen LogP contribution in [0.1, 0.15) is 33.4 Å². The van der Waals surface area contributed by atoms with Crippen LogP contribution in [-0.4, -0.2) is 35.5 Å². The van der Waals surface area contributed by atoms with Gasteiger partial charge in [-0.3, -0.25) is 9.59 Å². The summed E-state index contributed by atoms with van der Waals surface area (Å²) < 4.78 is 11.0. The zero-order valence-electron chi connectivity index (χ0n) is 17.9. The van der Waals surface area contributed by atoms with Gasteiger partial charge in [-0.2, -0.15) is 0 Å². The van der Waals surface area contributed by atoms with Crippen LogP contribution in [-0.2, 0) is 4.79 Å². The van der Waals surface area contributed by atoms with Crippen LogP contribution in [0.3, 0.4) is 0 Å². The molecule has 7 heteroatoms. The first-order valence-electron chi connectivity index (χ1n) is 10.7. The summed E-state index contributed by atoms with van der Waals surface area (Å²) in [6.07, 6.45) is 1.86. The Balaban J connectivity index is 1.44. The third-order valence-electron chi connectivity index (χ3n) is 6.42. The highest BCUT2D eigenvalue weighted by molar-refractivity contribution is 6.04. The number of benzene rings is 3. The maximum absolute atomic E-state index is 13.8. The summed E-state index contributed by atoms with van der Waals surface area (Å²) in [5, 5.41) is 4.09. The first kappa shape index (κ1) is 19.4. The Bertz CT molecular complexity index is 1410. The van der Waals surface area contributed by atoms with Crippen molar-refractivity contribution < 1.29 is 19.1 Å². The first-order valence-corrected chi connectivity index (χ1v) is 10.7. The molecular weight excluding hydrogens is 418 g/mol. The Morgan fingerprint density at radius 2 is 1.88 bits per heavy atom. The molecule has 0 radical (unpaired) electrons. The fourth-order valence-corrected chi connectivity index (χ4v) is 4.82. The van der Waals surface area contributed by atoms with E-state index in [1.54, 1.807) is 18.0 Å². The fourth-order valence-electron chi connectivity index (χ4n) is 4.82. The lowest BCUT2D eigenvalue weighted by Gasteiger charge is -2.39. The molecule has 0 unspecified atom stereocenters. The number of H-pyrrole nitrogens is 1. The number of fused-ring (bicyclic) bond motifs is 3. The summed E-state index contributed by atoms with van der Waals surface area (Å²) in [5.74, 6) is 0.366. The second-order valence-electron chi connectivity index (χ2n) is 8.31. The van der Waals surface area contributed by atoms with Crippen LogP contribution in [0.2, 0.25) is 0 Å². The van der Waals surface area contributed by atoms with Crippen LogP contribution in [0.5, 0.6) is 11.5 Å². The third kappa shape index (κ3) is 3.12. The van der Waals surface area contributed by atoms with Gasteiger partial charge in [-0.1, -0.05) is 24.3 Å². The van der Waals surface area contributed by atoms with Crippen LogP contribution in [0, 0.1) is 0 Å². The van der Waals surface area contributed by atoms with Crippen molar-refractivity contribution in [3.8, 4) is 11.5 Å². The van der Waals surface area contributed by atoms with Crippen molar-refractivity contribution in [2.75, 3.05) is 19.2 Å². The zero-order chi connectivity index (χ0) is 22.5. The third-order valence-corrected chi connectivity index (χ3v) is 6.42. The number of hydrogen-bond donors (Lipinski definition) is 2. The predicted octanol–water partition coefficient (Wildman–Crippen LogP) is 4.45. The number of carbonyl (C=O) groups is 2. The number of hydrogen-bond acceptors (Lipinski definition) is 4. The molecule has 2 N–H and O–H groups in total. The van der Waals surface area contributed by atoms with E-state index in [1.807, 2.05) is 66.9 Å². The molecule has 164 valence electrons. The number of likely N-dealkylation sites (N-methyl/N-ethyl adjacent to an activating group) is 1. The van der Waals surface area contributed by atoms with Crippen molar-refractivity contribution in [1.29, 1.82) is 0 Å². The maximum Gasteiger partial charge on any atom is 0.254 e. The average molecular weight is 439 g/mol. The zero-order valence-corrected chi connectivity index (χ0v) is 17.9. The normalized spacial score (nSPS) is 18.9. The van der Waals surface area contributed by atoms with Gasteiger partial charge in [-0.05, 0) is 53.6 Å². The van der Waals surface area contributed by atoms with Gasteiger partial charge < -0.3 is 24.7 Å². The minimum atomic E-state index is -0.605. The summed E-state index contributed by atoms with van der Waals surface area (Å²) >= 11 is 0. The monoisotopic (exact) mass is 439 g/mol. The smallest absolute Gasteiger partial charge is 0.254 e. The van der Waals surface area contributed by atoms with Crippen molar-refractivity contribution in [3.05, 3.63) is 89.6 Å². The van der Waals surface area contributed by atoms with E-state index in [0.717, 1.165) is 16.5 Å². The van der Waals surface area contributed by atoms with Gasteiger partial charge in [0.2, 0.25) is 12.7 Å². The summed E-state index contributed by atoms with van der Waals surface area (Å²) in [7, 11) is 1.74. The molecule has 0 bridgehead atoms. The van der Waals surface area contributed by atoms with Crippen LogP contribution < -0.4 is 14.8 Å². The minimum absolute atomic E-state index is 0.119. The van der Waals surface area contributed by atoms with Gasteiger partial charge in [0.1, 0.15) is 0 Å². The predicted molar refractivity (Wildman–Crippen MR) is 124 cm³/mol. The van der Waals surface area contributed by atoms with E-state index < -0.39 is 12.0 Å². The van der Waals surface area contributed by atoms with Gasteiger partial charge in [0.25, 0.3) is 5.91 Å². The highest BCUT2D eigenvalue weighted by Crippen LogP contribution is 2.45. The molecule has 3 aromatic carbocycles. The van der Waals surface area contributed by atoms with E-state index in [9.17, 15) is 9.59 Å². The minimum Gasteiger partial charge on any atom is -0.454 e. The van der Waals surface area contributed by atoms with Crippen LogP contribution in [0.4, 0.5) is 5.69 Å². The lowest BCUT2D eigenvalue weighted by Crippen LogP contribution is -2.44. The molecule has 0 fully saturated rings. The number of anilines is 1. The summed E-state index contributed by atoms with van der Waals surface area (Å²) in [4.78, 5) is 31.8. The number of nitrogens with one attached hydrogen (secondary N) is 2. The Kier molecular flexibility index (Phi) is 4.36. The van der Waals surface area contributed by atoms with Gasteiger partial charge in [-0.15, -0.1) is 0 Å². The van der Waals surface area contributed by atoms with Crippen LogP contribution in [0.25, 0.3) is 10.9 Å². The molecule has 0 saturated heterocycles. The molecule has 0 aliphatic carbocycles. The Hall–Kier alpha value is -4.26. The maximum atomic E-state index is 13.8. The molecule has 3 heterocycles. The van der Waals surface area contributed by atoms with Crippen molar-refractivity contribution in [1.82, 2.24) is 9.88 Å². The van der Waals surface area contributed by atoms with E-state index in [-0.39, 0.29) is 18.6 Å². The first-order chi connectivity index (χ1) is 16.1. The highest BCUT2D eigenvalue weighted by atomic mass is 16.7. The van der Waals surface area contributed by atoms with E-state index in [1.165, 1.54) is 0 Å². The number of aromatic nitrogens is 1. The van der Waals surface area contributed by atoms with E-state index in [4.69, 9.17) is 9.47 Å². The molecule has 2 atom stereocenters. The number of amides is 2. The van der Waals surface area contributed by atoms with Crippen molar-refractivity contribution in [3.63, 3.8) is 0 Å². The summed E-state index contributed by atoms with van der Waals surface area (Å²) in [6, 6.07) is 20.1. The second-order valence-corrected chi connectivity index (χ2v) is 8.31.